The Bertz CT molecular complexity index is 575. The number of hydrogen-bond acceptors (Lipinski definition) is 4. The normalized spacial score (nSPS) is 12.5. The van der Waals surface area contributed by atoms with Crippen molar-refractivity contribution in [3.63, 3.8) is 0 Å². The molecular weight excluding hydrogens is 240 g/mol. The summed E-state index contributed by atoms with van der Waals surface area (Å²) < 4.78 is 7.75. The Labute approximate surface area is 113 Å². The second-order valence-corrected chi connectivity index (χ2v) is 4.84. The molecule has 0 aliphatic carbocycles. The molecule has 2 rings (SSSR count). The van der Waals surface area contributed by atoms with Crippen LogP contribution in [0.4, 0.5) is 0 Å². The first-order valence-corrected chi connectivity index (χ1v) is 6.33. The van der Waals surface area contributed by atoms with Crippen LogP contribution in [0, 0.1) is 13.8 Å². The molecule has 1 aromatic carbocycles. The summed E-state index contributed by atoms with van der Waals surface area (Å²) in [6.45, 7) is 6.30. The Kier molecular flexibility index (Phi) is 3.85. The quantitative estimate of drug-likeness (QED) is 0.913. The van der Waals surface area contributed by atoms with Crippen molar-refractivity contribution in [2.24, 2.45) is 12.8 Å². The standard InChI is InChI=1S/C14H20N4O/c1-9-5-6-13(12(7-9)10(2)15)19-8-14-17-16-11(3)18(14)4/h5-7,10H,8,15H2,1-4H3. The van der Waals surface area contributed by atoms with Crippen molar-refractivity contribution in [2.75, 3.05) is 0 Å². The summed E-state index contributed by atoms with van der Waals surface area (Å²) in [5.41, 5.74) is 8.16. The largest absolute Gasteiger partial charge is 0.485 e. The number of benzene rings is 1. The predicted molar refractivity (Wildman–Crippen MR) is 73.9 cm³/mol. The van der Waals surface area contributed by atoms with E-state index in [1.54, 1.807) is 0 Å². The topological polar surface area (TPSA) is 66.0 Å². The Hall–Kier alpha value is -1.88. The lowest BCUT2D eigenvalue weighted by atomic mass is 10.1. The van der Waals surface area contributed by atoms with E-state index in [1.165, 1.54) is 5.56 Å². The van der Waals surface area contributed by atoms with Gasteiger partial charge in [-0.05, 0) is 26.8 Å². The summed E-state index contributed by atoms with van der Waals surface area (Å²) >= 11 is 0. The summed E-state index contributed by atoms with van der Waals surface area (Å²) in [5, 5.41) is 8.09. The molecule has 1 aromatic heterocycles. The highest BCUT2D eigenvalue weighted by Crippen LogP contribution is 2.25. The van der Waals surface area contributed by atoms with E-state index in [4.69, 9.17) is 10.5 Å². The maximum Gasteiger partial charge on any atom is 0.170 e. The lowest BCUT2D eigenvalue weighted by Gasteiger charge is -2.14. The van der Waals surface area contributed by atoms with Gasteiger partial charge >= 0.3 is 0 Å². The predicted octanol–water partition coefficient (Wildman–Crippen LogP) is 2.03. The number of nitrogens with two attached hydrogens (primary N) is 1. The van der Waals surface area contributed by atoms with Crippen molar-refractivity contribution in [1.29, 1.82) is 0 Å². The SMILES string of the molecule is Cc1ccc(OCc2nnc(C)n2C)c(C(C)N)c1. The van der Waals surface area contributed by atoms with Crippen LogP contribution in [0.2, 0.25) is 0 Å². The van der Waals surface area contributed by atoms with E-state index in [9.17, 15) is 0 Å². The van der Waals surface area contributed by atoms with Gasteiger partial charge in [0.25, 0.3) is 0 Å². The van der Waals surface area contributed by atoms with E-state index in [0.717, 1.165) is 23.0 Å². The van der Waals surface area contributed by atoms with Crippen molar-refractivity contribution in [3.05, 3.63) is 41.0 Å². The number of aromatic nitrogens is 3. The van der Waals surface area contributed by atoms with Gasteiger partial charge in [-0.1, -0.05) is 17.7 Å². The summed E-state index contributed by atoms with van der Waals surface area (Å²) in [7, 11) is 1.93. The first-order chi connectivity index (χ1) is 8.99. The number of aryl methyl sites for hydroxylation is 2. The fourth-order valence-corrected chi connectivity index (χ4v) is 1.87. The average Bonchev–Trinajstić information content (AvgIpc) is 2.68. The molecule has 19 heavy (non-hydrogen) atoms. The zero-order valence-electron chi connectivity index (χ0n) is 11.8. The third kappa shape index (κ3) is 2.93. The molecule has 102 valence electrons. The van der Waals surface area contributed by atoms with Gasteiger partial charge in [0.2, 0.25) is 0 Å². The van der Waals surface area contributed by atoms with Crippen LogP contribution in [-0.4, -0.2) is 14.8 Å². The molecule has 0 radical (unpaired) electrons. The lowest BCUT2D eigenvalue weighted by molar-refractivity contribution is 0.286. The van der Waals surface area contributed by atoms with E-state index >= 15 is 0 Å². The minimum absolute atomic E-state index is 0.0591. The van der Waals surface area contributed by atoms with Gasteiger partial charge in [-0.25, -0.2) is 0 Å². The smallest absolute Gasteiger partial charge is 0.170 e. The van der Waals surface area contributed by atoms with E-state index in [2.05, 4.69) is 16.3 Å². The van der Waals surface area contributed by atoms with Gasteiger partial charge in [-0.3, -0.25) is 0 Å². The summed E-state index contributed by atoms with van der Waals surface area (Å²) in [4.78, 5) is 0. The van der Waals surface area contributed by atoms with Crippen molar-refractivity contribution in [3.8, 4) is 5.75 Å². The summed E-state index contributed by atoms with van der Waals surface area (Å²) in [6, 6.07) is 5.97. The van der Waals surface area contributed by atoms with Crippen LogP contribution in [0.15, 0.2) is 18.2 Å². The molecule has 2 aromatic rings. The molecule has 5 heteroatoms. The first-order valence-electron chi connectivity index (χ1n) is 6.33. The molecule has 2 N–H and O–H groups in total. The highest BCUT2D eigenvalue weighted by molar-refractivity contribution is 5.38. The fraction of sp³-hybridized carbons (Fsp3) is 0.429. The molecule has 1 unspecified atom stereocenters. The molecule has 0 aliphatic heterocycles. The summed E-state index contributed by atoms with van der Waals surface area (Å²) in [5.74, 6) is 2.48. The van der Waals surface area contributed by atoms with Crippen LogP contribution >= 0.6 is 0 Å². The molecule has 1 atom stereocenters. The van der Waals surface area contributed by atoms with Gasteiger partial charge in [0.15, 0.2) is 5.82 Å². The molecule has 0 aliphatic rings. The second-order valence-electron chi connectivity index (χ2n) is 4.84. The van der Waals surface area contributed by atoms with Gasteiger partial charge in [-0.2, -0.15) is 0 Å². The van der Waals surface area contributed by atoms with Crippen molar-refractivity contribution in [2.45, 2.75) is 33.4 Å². The maximum atomic E-state index is 5.97. The Morgan fingerprint density at radius 2 is 2.05 bits per heavy atom. The first kappa shape index (κ1) is 13.5. The third-order valence-corrected chi connectivity index (χ3v) is 3.20. The van der Waals surface area contributed by atoms with Crippen LogP contribution < -0.4 is 10.5 Å². The van der Waals surface area contributed by atoms with E-state index < -0.39 is 0 Å². The Morgan fingerprint density at radius 1 is 1.32 bits per heavy atom. The van der Waals surface area contributed by atoms with Gasteiger partial charge in [0.1, 0.15) is 18.2 Å². The molecule has 0 amide bonds. The van der Waals surface area contributed by atoms with Gasteiger partial charge in [-0.15, -0.1) is 10.2 Å². The number of ether oxygens (including phenoxy) is 1. The highest BCUT2D eigenvalue weighted by Gasteiger charge is 2.11. The van der Waals surface area contributed by atoms with Crippen LogP contribution in [0.1, 0.15) is 35.7 Å². The van der Waals surface area contributed by atoms with E-state index in [-0.39, 0.29) is 6.04 Å². The molecule has 0 saturated heterocycles. The lowest BCUT2D eigenvalue weighted by Crippen LogP contribution is -2.10. The van der Waals surface area contributed by atoms with Crippen molar-refractivity contribution >= 4 is 0 Å². The third-order valence-electron chi connectivity index (χ3n) is 3.20. The minimum Gasteiger partial charge on any atom is -0.485 e. The maximum absolute atomic E-state index is 5.97. The van der Waals surface area contributed by atoms with Gasteiger partial charge in [0.05, 0.1) is 0 Å². The minimum atomic E-state index is -0.0591. The average molecular weight is 260 g/mol. The van der Waals surface area contributed by atoms with E-state index in [0.29, 0.717) is 6.61 Å². The van der Waals surface area contributed by atoms with Gasteiger partial charge < -0.3 is 15.0 Å². The van der Waals surface area contributed by atoms with Crippen molar-refractivity contribution < 1.29 is 4.74 Å². The summed E-state index contributed by atoms with van der Waals surface area (Å²) in [6.07, 6.45) is 0. The second kappa shape index (κ2) is 5.40. The number of nitrogens with zero attached hydrogens (tertiary/aromatic N) is 3. The van der Waals surface area contributed by atoms with E-state index in [1.807, 2.05) is 44.5 Å². The molecule has 1 heterocycles. The molecular formula is C14H20N4O. The molecule has 0 saturated carbocycles. The molecule has 5 nitrogen and oxygen atoms in total. The molecule has 0 fully saturated rings. The molecule has 0 bridgehead atoms. The van der Waals surface area contributed by atoms with Crippen LogP contribution in [0.25, 0.3) is 0 Å². The van der Waals surface area contributed by atoms with Crippen LogP contribution in [0.5, 0.6) is 5.75 Å². The van der Waals surface area contributed by atoms with Crippen LogP contribution in [-0.2, 0) is 13.7 Å². The number of hydrogen-bond donors (Lipinski definition) is 1. The molecule has 0 spiro atoms. The number of rotatable bonds is 4. The Balaban J connectivity index is 2.17. The highest BCUT2D eigenvalue weighted by atomic mass is 16.5. The zero-order valence-corrected chi connectivity index (χ0v) is 11.8. The Morgan fingerprint density at radius 3 is 2.63 bits per heavy atom. The van der Waals surface area contributed by atoms with Crippen LogP contribution in [0.3, 0.4) is 0 Å². The zero-order chi connectivity index (χ0) is 14.0. The monoisotopic (exact) mass is 260 g/mol. The van der Waals surface area contributed by atoms with Gasteiger partial charge in [0, 0.05) is 18.7 Å². The fourth-order valence-electron chi connectivity index (χ4n) is 1.87. The van der Waals surface area contributed by atoms with Crippen molar-refractivity contribution in [1.82, 2.24) is 14.8 Å².